The Kier molecular flexibility index (Phi) is 9.30. The Morgan fingerprint density at radius 1 is 0.469 bits per heavy atom. The maximum Gasteiger partial charge on any atom is 0.277 e. The first-order valence-corrected chi connectivity index (χ1v) is 9.65. The number of nitro groups is 2. The van der Waals surface area contributed by atoms with Gasteiger partial charge in [-0.05, 0) is 23.3 Å². The second-order valence-corrected chi connectivity index (χ2v) is 6.28. The SMILES string of the molecule is O=S.O=[N+]([O-])c1ccccc1-c1ccccc1.O=[N+]([O-])c1ccccc1-c1ccccc1. The highest BCUT2D eigenvalue weighted by atomic mass is 32.1. The van der Waals surface area contributed by atoms with Gasteiger partial charge in [0.1, 0.15) is 0 Å². The number of hydrogen-bond donors (Lipinski definition) is 0. The van der Waals surface area contributed by atoms with Crippen molar-refractivity contribution >= 4 is 23.9 Å². The minimum absolute atomic E-state index is 0.142. The van der Waals surface area contributed by atoms with E-state index in [1.807, 2.05) is 60.7 Å². The van der Waals surface area contributed by atoms with Crippen molar-refractivity contribution < 1.29 is 14.1 Å². The Bertz CT molecular complexity index is 1080. The average molecular weight is 446 g/mol. The van der Waals surface area contributed by atoms with Gasteiger partial charge in [0.25, 0.3) is 11.4 Å². The molecule has 0 aliphatic heterocycles. The molecular weight excluding hydrogens is 428 g/mol. The molecule has 0 fully saturated rings. The van der Waals surface area contributed by atoms with Crippen LogP contribution < -0.4 is 0 Å². The van der Waals surface area contributed by atoms with Gasteiger partial charge in [-0.15, -0.1) is 0 Å². The quantitative estimate of drug-likeness (QED) is 0.274. The van der Waals surface area contributed by atoms with Gasteiger partial charge in [-0.3, -0.25) is 20.2 Å². The van der Waals surface area contributed by atoms with E-state index in [0.29, 0.717) is 11.1 Å². The molecule has 0 radical (unpaired) electrons. The summed E-state index contributed by atoms with van der Waals surface area (Å²) in [4.78, 5) is 20.9. The lowest BCUT2D eigenvalue weighted by atomic mass is 10.0. The number of para-hydroxylation sites is 2. The highest BCUT2D eigenvalue weighted by molar-refractivity contribution is 7.44. The molecule has 0 aromatic heterocycles. The second kappa shape index (κ2) is 12.4. The maximum atomic E-state index is 10.8. The number of nitrogens with zero attached hydrogens (tertiary/aromatic N) is 2. The van der Waals surface area contributed by atoms with Crippen LogP contribution in [0.1, 0.15) is 0 Å². The zero-order valence-corrected chi connectivity index (χ0v) is 17.6. The van der Waals surface area contributed by atoms with Crippen molar-refractivity contribution in [1.82, 2.24) is 0 Å². The van der Waals surface area contributed by atoms with E-state index in [-0.39, 0.29) is 21.2 Å². The molecule has 32 heavy (non-hydrogen) atoms. The van der Waals surface area contributed by atoms with Crippen LogP contribution in [-0.2, 0) is 12.5 Å². The molecule has 0 saturated heterocycles. The lowest BCUT2D eigenvalue weighted by Crippen LogP contribution is -1.90. The van der Waals surface area contributed by atoms with Crippen molar-refractivity contribution in [2.75, 3.05) is 0 Å². The van der Waals surface area contributed by atoms with Crippen molar-refractivity contribution in [3.05, 3.63) is 129 Å². The summed E-state index contributed by atoms with van der Waals surface area (Å²) >= 11 is 2.83. The van der Waals surface area contributed by atoms with E-state index in [2.05, 4.69) is 12.5 Å². The standard InChI is InChI=1S/2C12H9NO2.OS/c2*14-13(15)12-9-5-4-8-11(12)10-6-2-1-3-7-10;1-2/h2*1-9H;. The lowest BCUT2D eigenvalue weighted by molar-refractivity contribution is -0.384. The Labute approximate surface area is 189 Å². The maximum absolute atomic E-state index is 10.8. The summed E-state index contributed by atoms with van der Waals surface area (Å²) in [6.07, 6.45) is 0. The third kappa shape index (κ3) is 6.35. The summed E-state index contributed by atoms with van der Waals surface area (Å²) in [7, 11) is 0. The fraction of sp³-hybridized carbons (Fsp3) is 0. The van der Waals surface area contributed by atoms with Crippen LogP contribution in [-0.4, -0.2) is 14.1 Å². The van der Waals surface area contributed by atoms with Crippen LogP contribution in [0.3, 0.4) is 0 Å². The summed E-state index contributed by atoms with van der Waals surface area (Å²) in [6.45, 7) is 0. The molecule has 8 heteroatoms. The van der Waals surface area contributed by atoms with Gasteiger partial charge in [0.05, 0.1) is 21.0 Å². The zero-order chi connectivity index (χ0) is 23.3. The molecule has 0 spiro atoms. The first-order valence-electron chi connectivity index (χ1n) is 9.32. The van der Waals surface area contributed by atoms with Crippen LogP contribution in [0.5, 0.6) is 0 Å². The van der Waals surface area contributed by atoms with Gasteiger partial charge in [0.15, 0.2) is 12.5 Å². The highest BCUT2D eigenvalue weighted by Crippen LogP contribution is 2.29. The van der Waals surface area contributed by atoms with Crippen LogP contribution in [0.15, 0.2) is 109 Å². The van der Waals surface area contributed by atoms with Crippen LogP contribution in [0.2, 0.25) is 0 Å². The van der Waals surface area contributed by atoms with Crippen LogP contribution in [0.25, 0.3) is 22.3 Å². The second-order valence-electron chi connectivity index (χ2n) is 6.28. The normalized spacial score (nSPS) is 9.38. The van der Waals surface area contributed by atoms with Gasteiger partial charge in [0.2, 0.25) is 0 Å². The summed E-state index contributed by atoms with van der Waals surface area (Å²) < 4.78 is 7.83. The van der Waals surface area contributed by atoms with Crippen LogP contribution >= 0.6 is 0 Å². The monoisotopic (exact) mass is 446 g/mol. The number of rotatable bonds is 4. The Morgan fingerprint density at radius 3 is 1.06 bits per heavy atom. The minimum Gasteiger partial charge on any atom is -0.258 e. The molecule has 0 amide bonds. The number of nitro benzene ring substituents is 2. The van der Waals surface area contributed by atoms with Gasteiger partial charge in [-0.2, -0.15) is 4.21 Å². The number of benzene rings is 4. The van der Waals surface area contributed by atoms with Gasteiger partial charge >= 0.3 is 0 Å². The lowest BCUT2D eigenvalue weighted by Gasteiger charge is -2.01. The zero-order valence-electron chi connectivity index (χ0n) is 16.7. The summed E-state index contributed by atoms with van der Waals surface area (Å²) in [6, 6.07) is 32.2. The fourth-order valence-corrected chi connectivity index (χ4v) is 2.99. The smallest absolute Gasteiger partial charge is 0.258 e. The Morgan fingerprint density at radius 2 is 0.750 bits per heavy atom. The third-order valence-corrected chi connectivity index (χ3v) is 4.37. The number of hydrogen-bond acceptors (Lipinski definition) is 6. The van der Waals surface area contributed by atoms with Gasteiger partial charge in [0, 0.05) is 12.1 Å². The molecule has 0 aliphatic carbocycles. The van der Waals surface area contributed by atoms with Crippen LogP contribution in [0, 0.1) is 20.2 Å². The highest BCUT2D eigenvalue weighted by Gasteiger charge is 2.13. The molecule has 0 aliphatic rings. The first-order chi connectivity index (χ1) is 15.6. The molecule has 0 atom stereocenters. The minimum atomic E-state index is -0.359. The van der Waals surface area contributed by atoms with Gasteiger partial charge in [-0.1, -0.05) is 84.9 Å². The van der Waals surface area contributed by atoms with Crippen molar-refractivity contribution in [2.24, 2.45) is 0 Å². The van der Waals surface area contributed by atoms with Crippen molar-refractivity contribution in [3.8, 4) is 22.3 Å². The molecule has 0 N–H and O–H groups in total. The van der Waals surface area contributed by atoms with Crippen molar-refractivity contribution in [1.29, 1.82) is 0 Å². The van der Waals surface area contributed by atoms with Crippen molar-refractivity contribution in [3.63, 3.8) is 0 Å². The summed E-state index contributed by atoms with van der Waals surface area (Å²) in [5.74, 6) is 0. The van der Waals surface area contributed by atoms with E-state index >= 15 is 0 Å². The average Bonchev–Trinajstić information content (AvgIpc) is 2.86. The molecule has 4 aromatic rings. The van der Waals surface area contributed by atoms with E-state index in [0.717, 1.165) is 11.1 Å². The van der Waals surface area contributed by atoms with E-state index < -0.39 is 0 Å². The van der Waals surface area contributed by atoms with Crippen molar-refractivity contribution in [2.45, 2.75) is 0 Å². The molecular formula is C24H18N2O5S. The predicted molar refractivity (Wildman–Crippen MR) is 125 cm³/mol. The molecule has 4 rings (SSSR count). The molecule has 0 unspecified atom stereocenters. The molecule has 4 aromatic carbocycles. The first kappa shape index (κ1) is 24.0. The summed E-state index contributed by atoms with van der Waals surface area (Å²) in [5.41, 5.74) is 3.33. The Balaban J connectivity index is 0.000000211. The summed E-state index contributed by atoms with van der Waals surface area (Å²) in [5, 5.41) is 21.6. The molecule has 160 valence electrons. The van der Waals surface area contributed by atoms with E-state index in [1.165, 1.54) is 12.1 Å². The topological polar surface area (TPSA) is 103 Å². The molecule has 0 heterocycles. The van der Waals surface area contributed by atoms with Gasteiger partial charge in [-0.25, -0.2) is 0 Å². The van der Waals surface area contributed by atoms with E-state index in [1.54, 1.807) is 36.4 Å². The predicted octanol–water partition coefficient (Wildman–Crippen LogP) is 6.19. The van der Waals surface area contributed by atoms with E-state index in [4.69, 9.17) is 4.21 Å². The molecule has 7 nitrogen and oxygen atoms in total. The van der Waals surface area contributed by atoms with Crippen LogP contribution in [0.4, 0.5) is 11.4 Å². The fourth-order valence-electron chi connectivity index (χ4n) is 2.99. The van der Waals surface area contributed by atoms with Gasteiger partial charge < -0.3 is 0 Å². The van der Waals surface area contributed by atoms with E-state index in [9.17, 15) is 20.2 Å². The Hall–Kier alpha value is -4.30. The molecule has 0 bridgehead atoms. The third-order valence-electron chi connectivity index (χ3n) is 4.37. The largest absolute Gasteiger partial charge is 0.277 e. The molecule has 0 saturated carbocycles.